The van der Waals surface area contributed by atoms with E-state index in [2.05, 4.69) is 0 Å². The molecule has 0 radical (unpaired) electrons. The molecule has 2 aromatic carbocycles. The maximum Gasteiger partial charge on any atom is 0.258 e. The fourth-order valence-electron chi connectivity index (χ4n) is 1.91. The van der Waals surface area contributed by atoms with Gasteiger partial charge >= 0.3 is 0 Å². The lowest BCUT2D eigenvalue weighted by Gasteiger charge is -2.19. The molecule has 0 saturated heterocycles. The zero-order valence-corrected chi connectivity index (χ0v) is 12.3. The van der Waals surface area contributed by atoms with Crippen LogP contribution in [0.1, 0.15) is 10.4 Å². The van der Waals surface area contributed by atoms with Gasteiger partial charge in [0.1, 0.15) is 0 Å². The van der Waals surface area contributed by atoms with Gasteiger partial charge in [0.15, 0.2) is 11.6 Å². The first-order valence-corrected chi connectivity index (χ1v) is 6.48. The largest absolute Gasteiger partial charge is 0.494 e. The molecule has 110 valence electrons. The van der Waals surface area contributed by atoms with Gasteiger partial charge in [0.25, 0.3) is 5.91 Å². The number of halogens is 2. The second-order valence-corrected chi connectivity index (χ2v) is 4.85. The van der Waals surface area contributed by atoms with Crippen LogP contribution in [-0.4, -0.2) is 20.1 Å². The van der Waals surface area contributed by atoms with Gasteiger partial charge in [-0.2, -0.15) is 0 Å². The Bertz CT molecular complexity index is 691. The highest BCUT2D eigenvalue weighted by Gasteiger charge is 2.17. The molecule has 0 saturated carbocycles. The quantitative estimate of drug-likeness (QED) is 0.885. The summed E-state index contributed by atoms with van der Waals surface area (Å²) in [6.07, 6.45) is 0. The standard InChI is InChI=1S/C15H14ClFN2O2/c1-19(13-8-10(16)4-5-12(13)18)15(20)9-3-6-14(21-2)11(17)7-9/h3-8H,18H2,1-2H3. The van der Waals surface area contributed by atoms with Gasteiger partial charge in [0.05, 0.1) is 18.5 Å². The number of anilines is 2. The van der Waals surface area contributed by atoms with E-state index in [0.717, 1.165) is 6.07 Å². The number of nitrogens with two attached hydrogens (primary N) is 1. The number of nitrogens with zero attached hydrogens (tertiary/aromatic N) is 1. The molecular weight excluding hydrogens is 295 g/mol. The van der Waals surface area contributed by atoms with E-state index in [9.17, 15) is 9.18 Å². The van der Waals surface area contributed by atoms with Crippen LogP contribution in [-0.2, 0) is 0 Å². The average molecular weight is 309 g/mol. The van der Waals surface area contributed by atoms with Crippen LogP contribution in [0.15, 0.2) is 36.4 Å². The van der Waals surface area contributed by atoms with Crippen molar-refractivity contribution in [3.8, 4) is 5.75 Å². The Morgan fingerprint density at radius 2 is 2.00 bits per heavy atom. The number of ether oxygens (including phenoxy) is 1. The van der Waals surface area contributed by atoms with E-state index in [-0.39, 0.29) is 11.3 Å². The molecule has 0 aliphatic heterocycles. The van der Waals surface area contributed by atoms with E-state index >= 15 is 0 Å². The number of rotatable bonds is 3. The first kappa shape index (κ1) is 15.1. The van der Waals surface area contributed by atoms with Gasteiger partial charge in [-0.15, -0.1) is 0 Å². The van der Waals surface area contributed by atoms with Gasteiger partial charge in [-0.25, -0.2) is 4.39 Å². The minimum absolute atomic E-state index is 0.0801. The fraction of sp³-hybridized carbons (Fsp3) is 0.133. The van der Waals surface area contributed by atoms with Crippen molar-refractivity contribution in [2.75, 3.05) is 24.8 Å². The number of hydrogen-bond acceptors (Lipinski definition) is 3. The Morgan fingerprint density at radius 3 is 2.62 bits per heavy atom. The minimum atomic E-state index is -0.601. The van der Waals surface area contributed by atoms with Crippen molar-refractivity contribution in [1.29, 1.82) is 0 Å². The second-order valence-electron chi connectivity index (χ2n) is 4.42. The predicted molar refractivity (Wildman–Crippen MR) is 81.5 cm³/mol. The Kier molecular flexibility index (Phi) is 4.33. The Morgan fingerprint density at radius 1 is 1.29 bits per heavy atom. The van der Waals surface area contributed by atoms with Gasteiger partial charge in [0, 0.05) is 17.6 Å². The van der Waals surface area contributed by atoms with E-state index in [1.54, 1.807) is 25.2 Å². The van der Waals surface area contributed by atoms with Gasteiger partial charge < -0.3 is 15.4 Å². The summed E-state index contributed by atoms with van der Waals surface area (Å²) in [5.41, 5.74) is 6.89. The molecule has 2 rings (SSSR count). The van der Waals surface area contributed by atoms with E-state index in [1.165, 1.54) is 24.1 Å². The molecule has 21 heavy (non-hydrogen) atoms. The molecule has 2 N–H and O–H groups in total. The number of amides is 1. The lowest BCUT2D eigenvalue weighted by Crippen LogP contribution is -2.27. The van der Waals surface area contributed by atoms with Crippen LogP contribution in [0.3, 0.4) is 0 Å². The summed E-state index contributed by atoms with van der Waals surface area (Å²) in [5, 5.41) is 0.458. The van der Waals surface area contributed by atoms with Crippen LogP contribution in [0.5, 0.6) is 5.75 Å². The summed E-state index contributed by atoms with van der Waals surface area (Å²) in [6, 6.07) is 8.83. The lowest BCUT2D eigenvalue weighted by molar-refractivity contribution is 0.0992. The molecule has 4 nitrogen and oxygen atoms in total. The zero-order chi connectivity index (χ0) is 15.6. The first-order valence-electron chi connectivity index (χ1n) is 6.10. The van der Waals surface area contributed by atoms with Crippen LogP contribution < -0.4 is 15.4 Å². The molecule has 0 heterocycles. The third kappa shape index (κ3) is 3.08. The van der Waals surface area contributed by atoms with Crippen LogP contribution in [0.25, 0.3) is 0 Å². The van der Waals surface area contributed by atoms with Crippen molar-refractivity contribution >= 4 is 28.9 Å². The summed E-state index contributed by atoms with van der Waals surface area (Å²) in [5.74, 6) is -0.919. The van der Waals surface area contributed by atoms with Crippen molar-refractivity contribution in [3.63, 3.8) is 0 Å². The van der Waals surface area contributed by atoms with Crippen molar-refractivity contribution in [2.24, 2.45) is 0 Å². The normalized spacial score (nSPS) is 10.3. The lowest BCUT2D eigenvalue weighted by atomic mass is 10.1. The Balaban J connectivity index is 2.35. The zero-order valence-electron chi connectivity index (χ0n) is 11.6. The molecule has 2 aromatic rings. The number of hydrogen-bond donors (Lipinski definition) is 1. The molecule has 0 aromatic heterocycles. The van der Waals surface area contributed by atoms with Crippen molar-refractivity contribution < 1.29 is 13.9 Å². The average Bonchev–Trinajstić information content (AvgIpc) is 2.48. The molecule has 0 unspecified atom stereocenters. The first-order chi connectivity index (χ1) is 9.93. The van der Waals surface area contributed by atoms with Gasteiger partial charge in [0.2, 0.25) is 0 Å². The SMILES string of the molecule is COc1ccc(C(=O)N(C)c2cc(Cl)ccc2N)cc1F. The van der Waals surface area contributed by atoms with Crippen molar-refractivity contribution in [3.05, 3.63) is 52.8 Å². The van der Waals surface area contributed by atoms with E-state index < -0.39 is 11.7 Å². The molecule has 0 spiro atoms. The predicted octanol–water partition coefficient (Wildman–Crippen LogP) is 3.35. The Labute approximate surface area is 126 Å². The van der Waals surface area contributed by atoms with Gasteiger partial charge in [-0.1, -0.05) is 11.6 Å². The smallest absolute Gasteiger partial charge is 0.258 e. The molecule has 0 bridgehead atoms. The van der Waals surface area contributed by atoms with Crippen LogP contribution in [0.2, 0.25) is 5.02 Å². The van der Waals surface area contributed by atoms with E-state index in [1.807, 2.05) is 0 Å². The minimum Gasteiger partial charge on any atom is -0.494 e. The summed E-state index contributed by atoms with van der Waals surface area (Å²) in [4.78, 5) is 13.7. The molecule has 0 fully saturated rings. The molecule has 6 heteroatoms. The number of benzene rings is 2. The molecule has 1 amide bonds. The van der Waals surface area contributed by atoms with E-state index in [0.29, 0.717) is 16.4 Å². The highest BCUT2D eigenvalue weighted by atomic mass is 35.5. The van der Waals surface area contributed by atoms with Crippen LogP contribution >= 0.6 is 11.6 Å². The number of nitrogen functional groups attached to an aromatic ring is 1. The molecular formula is C15H14ClFN2O2. The fourth-order valence-corrected chi connectivity index (χ4v) is 2.08. The number of methoxy groups -OCH3 is 1. The van der Waals surface area contributed by atoms with Crippen LogP contribution in [0.4, 0.5) is 15.8 Å². The third-order valence-corrected chi connectivity index (χ3v) is 3.29. The highest BCUT2D eigenvalue weighted by molar-refractivity contribution is 6.31. The Hall–Kier alpha value is -2.27. The summed E-state index contributed by atoms with van der Waals surface area (Å²) >= 11 is 5.91. The molecule has 0 atom stereocenters. The van der Waals surface area contributed by atoms with Gasteiger partial charge in [-0.3, -0.25) is 4.79 Å². The number of carbonyl (C=O) groups excluding carboxylic acids is 1. The maximum absolute atomic E-state index is 13.7. The third-order valence-electron chi connectivity index (χ3n) is 3.06. The summed E-state index contributed by atoms with van der Waals surface area (Å²) in [6.45, 7) is 0. The van der Waals surface area contributed by atoms with Crippen molar-refractivity contribution in [2.45, 2.75) is 0 Å². The monoisotopic (exact) mass is 308 g/mol. The molecule has 0 aliphatic rings. The second kappa shape index (κ2) is 6.01. The van der Waals surface area contributed by atoms with Crippen molar-refractivity contribution in [1.82, 2.24) is 0 Å². The van der Waals surface area contributed by atoms with E-state index in [4.69, 9.17) is 22.1 Å². The number of carbonyl (C=O) groups is 1. The maximum atomic E-state index is 13.7. The highest BCUT2D eigenvalue weighted by Crippen LogP contribution is 2.28. The summed E-state index contributed by atoms with van der Waals surface area (Å²) < 4.78 is 18.5. The topological polar surface area (TPSA) is 55.6 Å². The molecule has 0 aliphatic carbocycles. The summed E-state index contributed by atoms with van der Waals surface area (Å²) in [7, 11) is 2.91. The van der Waals surface area contributed by atoms with Gasteiger partial charge in [-0.05, 0) is 36.4 Å². The van der Waals surface area contributed by atoms with Crippen LogP contribution in [0, 0.1) is 5.82 Å².